The zero-order chi connectivity index (χ0) is 32.3. The maximum Gasteiger partial charge on any atom is 0.407 e. The number of sulfonamides is 1. The molecule has 2 aromatic rings. The summed E-state index contributed by atoms with van der Waals surface area (Å²) in [7, 11) is -0.516. The molecule has 0 aromatic heterocycles. The lowest BCUT2D eigenvalue weighted by Gasteiger charge is -2.31. The van der Waals surface area contributed by atoms with Crippen LogP contribution in [0.4, 0.5) is 10.5 Å². The number of carbonyl (C=O) groups excluding carboxylic acids is 2. The van der Waals surface area contributed by atoms with E-state index < -0.39 is 34.4 Å². The molecule has 0 bridgehead atoms. The molecule has 3 aliphatic rings. The summed E-state index contributed by atoms with van der Waals surface area (Å²) in [5.41, 5.74) is 2.30. The number of ether oxygens (including phenoxy) is 3. The standard InChI is InChI=1S/C32H42N4O8S/c1-20(2)16-36(45(40,41)22-10-11-23-25(17-35(3)4)30(38)33-26(23)15-22)18-28(37)27(14-21-8-6-5-7-9-21)34-32(39)44-29-19-43-31-24(29)12-13-42-31/h5-11,15,17,20,24,27-29,31,37H,12-14,16,18-19H2,1-4H3,(H,33,38)(H,34,39)/b25-17-/t24-,27+,28-,29+,31+/m1/s1. The molecule has 0 saturated carbocycles. The highest BCUT2D eigenvalue weighted by Crippen LogP contribution is 2.35. The minimum atomic E-state index is -4.12. The first-order valence-corrected chi connectivity index (χ1v) is 16.6. The largest absolute Gasteiger partial charge is 0.443 e. The van der Waals surface area contributed by atoms with Gasteiger partial charge in [0.2, 0.25) is 10.0 Å². The number of carbonyl (C=O) groups is 2. The normalized spacial score (nSPS) is 23.1. The van der Waals surface area contributed by atoms with Gasteiger partial charge in [-0.05, 0) is 36.5 Å². The Kier molecular flexibility index (Phi) is 10.1. The number of amides is 2. The molecule has 0 aliphatic carbocycles. The van der Waals surface area contributed by atoms with E-state index in [2.05, 4.69) is 10.6 Å². The van der Waals surface area contributed by atoms with Crippen LogP contribution in [0.15, 0.2) is 59.6 Å². The Balaban J connectivity index is 1.36. The van der Waals surface area contributed by atoms with Crippen LogP contribution in [0, 0.1) is 11.8 Å². The number of nitrogens with one attached hydrogen (secondary N) is 2. The van der Waals surface area contributed by atoms with E-state index in [9.17, 15) is 23.1 Å². The first-order valence-electron chi connectivity index (χ1n) is 15.2. The maximum atomic E-state index is 14.0. The number of aliphatic hydroxyl groups excluding tert-OH is 1. The van der Waals surface area contributed by atoms with Crippen LogP contribution in [0.25, 0.3) is 5.57 Å². The maximum absolute atomic E-state index is 14.0. The Bertz CT molecular complexity index is 1510. The van der Waals surface area contributed by atoms with Crippen LogP contribution in [-0.2, 0) is 35.4 Å². The average molecular weight is 643 g/mol. The van der Waals surface area contributed by atoms with Gasteiger partial charge in [0.15, 0.2) is 6.29 Å². The molecule has 0 radical (unpaired) electrons. The number of fused-ring (bicyclic) bond motifs is 2. The number of rotatable bonds is 12. The minimum absolute atomic E-state index is 0.0120. The van der Waals surface area contributed by atoms with E-state index in [0.29, 0.717) is 23.4 Å². The van der Waals surface area contributed by atoms with Crippen LogP contribution in [0.1, 0.15) is 31.4 Å². The molecule has 0 spiro atoms. The van der Waals surface area contributed by atoms with Gasteiger partial charge in [0.05, 0.1) is 47.4 Å². The predicted molar refractivity (Wildman–Crippen MR) is 167 cm³/mol. The van der Waals surface area contributed by atoms with Crippen LogP contribution < -0.4 is 10.6 Å². The Morgan fingerprint density at radius 3 is 2.62 bits per heavy atom. The second kappa shape index (κ2) is 13.9. The summed E-state index contributed by atoms with van der Waals surface area (Å²) in [5.74, 6) is -0.429. The van der Waals surface area contributed by atoms with E-state index in [1.165, 1.54) is 16.4 Å². The zero-order valence-electron chi connectivity index (χ0n) is 26.0. The molecule has 2 fully saturated rings. The fourth-order valence-electron chi connectivity index (χ4n) is 5.91. The van der Waals surface area contributed by atoms with Crippen molar-refractivity contribution in [1.82, 2.24) is 14.5 Å². The fraction of sp³-hybridized carbons (Fsp3) is 0.500. The number of aliphatic hydroxyl groups is 1. The van der Waals surface area contributed by atoms with Crippen molar-refractivity contribution in [2.24, 2.45) is 11.8 Å². The van der Waals surface area contributed by atoms with Crippen LogP contribution in [0.2, 0.25) is 0 Å². The third-order valence-corrected chi connectivity index (χ3v) is 9.90. The Morgan fingerprint density at radius 2 is 1.91 bits per heavy atom. The molecule has 3 heterocycles. The summed E-state index contributed by atoms with van der Waals surface area (Å²) in [6.07, 6.45) is -0.205. The number of nitrogens with zero attached hydrogens (tertiary/aromatic N) is 2. The van der Waals surface area contributed by atoms with E-state index in [-0.39, 0.29) is 55.0 Å². The monoisotopic (exact) mass is 642 g/mol. The molecular formula is C32H42N4O8S. The number of benzene rings is 2. The van der Waals surface area contributed by atoms with Crippen LogP contribution in [-0.4, -0.2) is 99.7 Å². The minimum Gasteiger partial charge on any atom is -0.443 e. The van der Waals surface area contributed by atoms with Crippen molar-refractivity contribution in [2.45, 2.75) is 56.1 Å². The van der Waals surface area contributed by atoms with Crippen molar-refractivity contribution in [1.29, 1.82) is 0 Å². The van der Waals surface area contributed by atoms with Gasteiger partial charge in [-0.1, -0.05) is 50.2 Å². The molecule has 3 aliphatic heterocycles. The quantitative estimate of drug-likeness (QED) is 0.298. The van der Waals surface area contributed by atoms with Crippen LogP contribution >= 0.6 is 0 Å². The number of hydrogen-bond donors (Lipinski definition) is 3. The Labute approximate surface area is 264 Å². The molecule has 2 amide bonds. The highest BCUT2D eigenvalue weighted by Gasteiger charge is 2.44. The average Bonchev–Trinajstić information content (AvgIpc) is 3.68. The van der Waals surface area contributed by atoms with Gasteiger partial charge in [0, 0.05) is 38.9 Å². The lowest BCUT2D eigenvalue weighted by molar-refractivity contribution is -0.110. The fourth-order valence-corrected chi connectivity index (χ4v) is 7.55. The summed E-state index contributed by atoms with van der Waals surface area (Å²) in [6, 6.07) is 13.0. The van der Waals surface area contributed by atoms with Crippen molar-refractivity contribution < 1.29 is 37.3 Å². The molecule has 45 heavy (non-hydrogen) atoms. The third kappa shape index (κ3) is 7.67. The molecule has 244 valence electrons. The van der Waals surface area contributed by atoms with Crippen molar-refractivity contribution >= 4 is 33.3 Å². The van der Waals surface area contributed by atoms with E-state index in [4.69, 9.17) is 14.2 Å². The molecule has 2 aromatic carbocycles. The molecule has 12 nitrogen and oxygen atoms in total. The van der Waals surface area contributed by atoms with Crippen molar-refractivity contribution in [3.63, 3.8) is 0 Å². The van der Waals surface area contributed by atoms with E-state index >= 15 is 0 Å². The predicted octanol–water partition coefficient (Wildman–Crippen LogP) is 2.65. The Hall–Kier alpha value is -3.49. The van der Waals surface area contributed by atoms with Gasteiger partial charge in [0.1, 0.15) is 6.10 Å². The zero-order valence-corrected chi connectivity index (χ0v) is 26.8. The lowest BCUT2D eigenvalue weighted by Crippen LogP contribution is -2.51. The number of hydrogen-bond acceptors (Lipinski definition) is 9. The van der Waals surface area contributed by atoms with Gasteiger partial charge in [-0.3, -0.25) is 4.79 Å². The second-order valence-electron chi connectivity index (χ2n) is 12.4. The van der Waals surface area contributed by atoms with Gasteiger partial charge in [-0.15, -0.1) is 0 Å². The molecule has 3 N–H and O–H groups in total. The summed E-state index contributed by atoms with van der Waals surface area (Å²) < 4.78 is 46.1. The summed E-state index contributed by atoms with van der Waals surface area (Å²) in [5, 5.41) is 17.1. The highest BCUT2D eigenvalue weighted by molar-refractivity contribution is 7.89. The molecular weight excluding hydrogens is 600 g/mol. The lowest BCUT2D eigenvalue weighted by atomic mass is 10.0. The topological polar surface area (TPSA) is 147 Å². The first kappa shape index (κ1) is 32.9. The highest BCUT2D eigenvalue weighted by atomic mass is 32.2. The van der Waals surface area contributed by atoms with E-state index in [1.54, 1.807) is 31.3 Å². The van der Waals surface area contributed by atoms with Crippen LogP contribution in [0.3, 0.4) is 0 Å². The van der Waals surface area contributed by atoms with Crippen LogP contribution in [0.5, 0.6) is 0 Å². The van der Waals surface area contributed by atoms with Crippen molar-refractivity contribution in [2.75, 3.05) is 45.7 Å². The molecule has 5 atom stereocenters. The third-order valence-electron chi connectivity index (χ3n) is 8.07. The smallest absolute Gasteiger partial charge is 0.407 e. The van der Waals surface area contributed by atoms with Gasteiger partial charge >= 0.3 is 6.09 Å². The first-order chi connectivity index (χ1) is 21.4. The van der Waals surface area contributed by atoms with Gasteiger partial charge in [-0.25, -0.2) is 13.2 Å². The number of alkyl carbamates (subject to hydrolysis) is 1. The SMILES string of the molecule is CC(C)CN(C[C@@H](O)[C@H](Cc1ccccc1)NC(=O)O[C@H]1CO[C@@H]2OCC[C@@H]21)S(=O)(=O)c1ccc2c(c1)NC(=O)/C2=C\N(C)C. The number of anilines is 1. The summed E-state index contributed by atoms with van der Waals surface area (Å²) in [6.45, 7) is 4.38. The van der Waals surface area contributed by atoms with Crippen molar-refractivity contribution in [3.8, 4) is 0 Å². The second-order valence-corrected chi connectivity index (χ2v) is 14.3. The van der Waals surface area contributed by atoms with Gasteiger partial charge in [0.25, 0.3) is 5.91 Å². The molecule has 2 saturated heterocycles. The molecule has 5 rings (SSSR count). The Morgan fingerprint density at radius 1 is 1.16 bits per heavy atom. The molecule has 0 unspecified atom stereocenters. The summed E-state index contributed by atoms with van der Waals surface area (Å²) in [4.78, 5) is 27.4. The van der Waals surface area contributed by atoms with Gasteiger partial charge in [-0.2, -0.15) is 4.31 Å². The van der Waals surface area contributed by atoms with E-state index in [0.717, 1.165) is 12.0 Å². The van der Waals surface area contributed by atoms with Gasteiger partial charge < -0.3 is 34.9 Å². The van der Waals surface area contributed by atoms with E-state index in [1.807, 2.05) is 44.2 Å². The van der Waals surface area contributed by atoms with Crippen molar-refractivity contribution in [3.05, 3.63) is 65.9 Å². The summed E-state index contributed by atoms with van der Waals surface area (Å²) >= 11 is 0. The molecule has 13 heteroatoms.